The summed E-state index contributed by atoms with van der Waals surface area (Å²) in [4.78, 5) is 30.1. The van der Waals surface area contributed by atoms with E-state index in [-0.39, 0.29) is 18.6 Å². The summed E-state index contributed by atoms with van der Waals surface area (Å²) in [5.74, 6) is 2.53. The molecule has 3 aromatic heterocycles. The number of aryl methyl sites for hydroxylation is 2. The van der Waals surface area contributed by atoms with Gasteiger partial charge in [-0.2, -0.15) is 0 Å². The molecule has 1 N–H and O–H groups in total. The van der Waals surface area contributed by atoms with Crippen LogP contribution >= 0.6 is 11.3 Å². The van der Waals surface area contributed by atoms with Crippen LogP contribution in [0.5, 0.6) is 11.5 Å². The Kier molecular flexibility index (Phi) is 5.21. The minimum atomic E-state index is -0.00319. The number of nitrogens with one attached hydrogen (secondary N) is 1. The van der Waals surface area contributed by atoms with Gasteiger partial charge >= 0.3 is 0 Å². The molecular formula is C25H25N5O3S. The molecule has 174 valence electrons. The molecule has 1 fully saturated rings. The van der Waals surface area contributed by atoms with Crippen molar-refractivity contribution in [2.75, 3.05) is 24.8 Å². The number of anilines is 1. The van der Waals surface area contributed by atoms with Crippen LogP contribution in [0.25, 0.3) is 20.4 Å². The third-order valence-corrected chi connectivity index (χ3v) is 7.67. The number of pyridine rings is 1. The largest absolute Gasteiger partial charge is 0.454 e. The Morgan fingerprint density at radius 1 is 1.15 bits per heavy atom. The number of amides is 1. The molecule has 0 saturated carbocycles. The molecule has 0 bridgehead atoms. The number of hydrogen-bond acceptors (Lipinski definition) is 8. The van der Waals surface area contributed by atoms with E-state index in [0.29, 0.717) is 6.54 Å². The van der Waals surface area contributed by atoms with Crippen LogP contribution in [0.2, 0.25) is 0 Å². The number of ether oxygens (including phenoxy) is 2. The van der Waals surface area contributed by atoms with E-state index < -0.39 is 0 Å². The molecular weight excluding hydrogens is 450 g/mol. The second-order valence-electron chi connectivity index (χ2n) is 8.90. The molecule has 8 nitrogen and oxygen atoms in total. The first-order valence-corrected chi connectivity index (χ1v) is 12.3. The minimum Gasteiger partial charge on any atom is -0.454 e. The standard InChI is InChI=1S/C25H25N5O3S/c1-14-9-15(2)29-25-20(14)21-22(34-25)23(28-12-27-21)30-7-5-17(6-8-30)24(31)26-11-16-3-4-18-19(10-16)33-13-32-18/h3-4,9-10,12,17H,5-8,11,13H2,1-2H3,(H,26,31). The quantitative estimate of drug-likeness (QED) is 0.475. The molecule has 34 heavy (non-hydrogen) atoms. The number of carbonyl (C=O) groups excluding carboxylic acids is 1. The summed E-state index contributed by atoms with van der Waals surface area (Å²) in [6, 6.07) is 7.87. The maximum Gasteiger partial charge on any atom is 0.231 e. The lowest BCUT2D eigenvalue weighted by Gasteiger charge is -2.32. The second kappa shape index (κ2) is 8.39. The van der Waals surface area contributed by atoms with Crippen molar-refractivity contribution < 1.29 is 14.3 Å². The van der Waals surface area contributed by atoms with Gasteiger partial charge in [0.1, 0.15) is 17.0 Å². The molecule has 1 aromatic carbocycles. The Hall–Kier alpha value is -3.46. The Morgan fingerprint density at radius 3 is 2.82 bits per heavy atom. The predicted octanol–water partition coefficient (Wildman–Crippen LogP) is 4.12. The fourth-order valence-corrected chi connectivity index (χ4v) is 6.13. The summed E-state index contributed by atoms with van der Waals surface area (Å²) in [5.41, 5.74) is 4.18. The summed E-state index contributed by atoms with van der Waals surface area (Å²) < 4.78 is 11.8. The Labute approximate surface area is 200 Å². The van der Waals surface area contributed by atoms with E-state index in [1.807, 2.05) is 25.1 Å². The first-order valence-electron chi connectivity index (χ1n) is 11.5. The third-order valence-electron chi connectivity index (χ3n) is 6.60. The molecule has 6 rings (SSSR count). The number of rotatable bonds is 4. The van der Waals surface area contributed by atoms with Gasteiger partial charge in [0.25, 0.3) is 0 Å². The highest BCUT2D eigenvalue weighted by Gasteiger charge is 2.27. The molecule has 0 spiro atoms. The molecule has 2 aliphatic heterocycles. The van der Waals surface area contributed by atoms with Gasteiger partial charge in [0.05, 0.1) is 10.2 Å². The van der Waals surface area contributed by atoms with Crippen LogP contribution in [-0.4, -0.2) is 40.7 Å². The second-order valence-corrected chi connectivity index (χ2v) is 9.90. The zero-order valence-electron chi connectivity index (χ0n) is 19.1. The number of benzene rings is 1. The van der Waals surface area contributed by atoms with Gasteiger partial charge in [-0.15, -0.1) is 11.3 Å². The molecule has 1 saturated heterocycles. The zero-order chi connectivity index (χ0) is 23.2. The molecule has 0 radical (unpaired) electrons. The summed E-state index contributed by atoms with van der Waals surface area (Å²) in [7, 11) is 0. The van der Waals surface area contributed by atoms with Gasteiger partial charge in [-0.25, -0.2) is 15.0 Å². The van der Waals surface area contributed by atoms with E-state index in [4.69, 9.17) is 14.5 Å². The number of thiophene rings is 1. The predicted molar refractivity (Wildman–Crippen MR) is 132 cm³/mol. The van der Waals surface area contributed by atoms with E-state index in [9.17, 15) is 4.79 Å². The highest BCUT2D eigenvalue weighted by Crippen LogP contribution is 2.39. The topological polar surface area (TPSA) is 89.5 Å². The minimum absolute atomic E-state index is 0.00319. The van der Waals surface area contributed by atoms with E-state index in [0.717, 1.165) is 74.9 Å². The van der Waals surface area contributed by atoms with Gasteiger partial charge in [-0.05, 0) is 56.0 Å². The molecule has 4 aromatic rings. The zero-order valence-corrected chi connectivity index (χ0v) is 19.9. The SMILES string of the molecule is Cc1cc(C)c2c(n1)sc1c(N3CCC(C(=O)NCc4ccc5c(c4)OCO5)CC3)ncnc12. The highest BCUT2D eigenvalue weighted by molar-refractivity contribution is 7.26. The maximum atomic E-state index is 12.8. The number of fused-ring (bicyclic) bond motifs is 4. The third kappa shape index (κ3) is 3.69. The summed E-state index contributed by atoms with van der Waals surface area (Å²) in [5, 5.41) is 4.21. The molecule has 1 amide bonds. The Balaban J connectivity index is 1.14. The lowest BCUT2D eigenvalue weighted by atomic mass is 9.95. The lowest BCUT2D eigenvalue weighted by Crippen LogP contribution is -2.40. The fourth-order valence-electron chi connectivity index (χ4n) is 4.86. The van der Waals surface area contributed by atoms with Crippen LogP contribution in [0.4, 0.5) is 5.82 Å². The van der Waals surface area contributed by atoms with E-state index in [1.54, 1.807) is 17.7 Å². The van der Waals surface area contributed by atoms with Crippen LogP contribution in [0.1, 0.15) is 29.7 Å². The van der Waals surface area contributed by atoms with Crippen molar-refractivity contribution in [3.05, 3.63) is 47.4 Å². The van der Waals surface area contributed by atoms with Gasteiger partial charge in [-0.3, -0.25) is 4.79 Å². The average molecular weight is 476 g/mol. The van der Waals surface area contributed by atoms with E-state index in [2.05, 4.69) is 33.2 Å². The highest BCUT2D eigenvalue weighted by atomic mass is 32.1. The molecule has 2 aliphatic rings. The van der Waals surface area contributed by atoms with Gasteiger partial charge in [0.2, 0.25) is 12.7 Å². The monoisotopic (exact) mass is 475 g/mol. The Morgan fingerprint density at radius 2 is 1.97 bits per heavy atom. The van der Waals surface area contributed by atoms with E-state index >= 15 is 0 Å². The van der Waals surface area contributed by atoms with Gasteiger partial charge < -0.3 is 19.7 Å². The van der Waals surface area contributed by atoms with Crippen LogP contribution in [0, 0.1) is 19.8 Å². The Bertz CT molecular complexity index is 1410. The summed E-state index contributed by atoms with van der Waals surface area (Å²) >= 11 is 1.66. The molecule has 5 heterocycles. The van der Waals surface area contributed by atoms with Crippen molar-refractivity contribution in [2.24, 2.45) is 5.92 Å². The average Bonchev–Trinajstić information content (AvgIpc) is 3.46. The lowest BCUT2D eigenvalue weighted by molar-refractivity contribution is -0.125. The van der Waals surface area contributed by atoms with Crippen LogP contribution in [-0.2, 0) is 11.3 Å². The smallest absolute Gasteiger partial charge is 0.231 e. The number of nitrogens with zero attached hydrogens (tertiary/aromatic N) is 4. The maximum absolute atomic E-state index is 12.8. The number of hydrogen-bond donors (Lipinski definition) is 1. The van der Waals surface area contributed by atoms with Crippen molar-refractivity contribution in [2.45, 2.75) is 33.2 Å². The molecule has 0 atom stereocenters. The van der Waals surface area contributed by atoms with Gasteiger partial charge in [-0.1, -0.05) is 6.07 Å². The summed E-state index contributed by atoms with van der Waals surface area (Å²) in [6.45, 7) is 6.43. The number of piperidine rings is 1. The van der Waals surface area contributed by atoms with Crippen molar-refractivity contribution in [1.29, 1.82) is 0 Å². The molecule has 9 heteroatoms. The first-order chi connectivity index (χ1) is 16.6. The van der Waals surface area contributed by atoms with Crippen molar-refractivity contribution in [1.82, 2.24) is 20.3 Å². The van der Waals surface area contributed by atoms with Crippen molar-refractivity contribution in [3.63, 3.8) is 0 Å². The fraction of sp³-hybridized carbons (Fsp3) is 0.360. The summed E-state index contributed by atoms with van der Waals surface area (Å²) in [6.07, 6.45) is 3.23. The van der Waals surface area contributed by atoms with Crippen molar-refractivity contribution >= 4 is 43.5 Å². The van der Waals surface area contributed by atoms with Gasteiger partial charge in [0, 0.05) is 36.6 Å². The molecule has 0 aliphatic carbocycles. The van der Waals surface area contributed by atoms with Gasteiger partial charge in [0.15, 0.2) is 11.5 Å². The first kappa shape index (κ1) is 21.1. The number of aromatic nitrogens is 3. The number of carbonyl (C=O) groups is 1. The van der Waals surface area contributed by atoms with Crippen LogP contribution in [0.15, 0.2) is 30.6 Å². The van der Waals surface area contributed by atoms with Crippen molar-refractivity contribution in [3.8, 4) is 11.5 Å². The normalized spacial score (nSPS) is 15.9. The van der Waals surface area contributed by atoms with E-state index in [1.165, 1.54) is 5.56 Å². The molecule has 0 unspecified atom stereocenters. The van der Waals surface area contributed by atoms with Crippen LogP contribution < -0.4 is 19.7 Å². The van der Waals surface area contributed by atoms with Crippen LogP contribution in [0.3, 0.4) is 0 Å².